The molecule has 1 atom stereocenters. The maximum Gasteiger partial charge on any atom is 0.125 e. The number of ether oxygens (including phenoxy) is 1. The molecule has 100 valence electrons. The van der Waals surface area contributed by atoms with Crippen molar-refractivity contribution < 1.29 is 9.84 Å². The van der Waals surface area contributed by atoms with E-state index in [1.807, 2.05) is 12.1 Å². The molecule has 0 bridgehead atoms. The third-order valence-corrected chi connectivity index (χ3v) is 4.13. The summed E-state index contributed by atoms with van der Waals surface area (Å²) in [6.45, 7) is 3.31. The Morgan fingerprint density at radius 3 is 2.89 bits per heavy atom. The van der Waals surface area contributed by atoms with Gasteiger partial charge in [-0.1, -0.05) is 18.5 Å². The monoisotopic (exact) mass is 269 g/mol. The average Bonchev–Trinajstić information content (AvgIpc) is 2.84. The summed E-state index contributed by atoms with van der Waals surface area (Å²) in [7, 11) is 0. The Morgan fingerprint density at radius 1 is 1.50 bits per heavy atom. The van der Waals surface area contributed by atoms with Crippen LogP contribution in [0.3, 0.4) is 0 Å². The fourth-order valence-corrected chi connectivity index (χ4v) is 2.72. The number of rotatable bonds is 5. The molecule has 0 aliphatic carbocycles. The van der Waals surface area contributed by atoms with Gasteiger partial charge in [0.15, 0.2) is 0 Å². The molecule has 0 saturated carbocycles. The minimum atomic E-state index is -0.273. The van der Waals surface area contributed by atoms with Crippen LogP contribution in [0.25, 0.3) is 0 Å². The highest BCUT2D eigenvalue weighted by Crippen LogP contribution is 2.37. The summed E-state index contributed by atoms with van der Waals surface area (Å²) < 4.78 is 5.68. The van der Waals surface area contributed by atoms with E-state index in [0.717, 1.165) is 34.7 Å². The van der Waals surface area contributed by atoms with E-state index in [4.69, 9.17) is 22.1 Å². The quantitative estimate of drug-likeness (QED) is 0.861. The van der Waals surface area contributed by atoms with Gasteiger partial charge < -0.3 is 15.6 Å². The van der Waals surface area contributed by atoms with Gasteiger partial charge in [0.1, 0.15) is 5.75 Å². The molecule has 2 rings (SSSR count). The summed E-state index contributed by atoms with van der Waals surface area (Å²) in [5.74, 6) is 0.944. The molecule has 18 heavy (non-hydrogen) atoms. The second kappa shape index (κ2) is 5.47. The largest absolute Gasteiger partial charge is 0.493 e. The number of halogens is 1. The highest BCUT2D eigenvalue weighted by molar-refractivity contribution is 6.30. The van der Waals surface area contributed by atoms with Crippen LogP contribution in [-0.4, -0.2) is 24.9 Å². The van der Waals surface area contributed by atoms with Gasteiger partial charge in [-0.25, -0.2) is 0 Å². The molecule has 1 aliphatic heterocycles. The van der Waals surface area contributed by atoms with Crippen LogP contribution in [-0.2, 0) is 12.8 Å². The number of nitrogens with two attached hydrogens (primary N) is 1. The van der Waals surface area contributed by atoms with Crippen LogP contribution < -0.4 is 10.5 Å². The first-order valence-electron chi connectivity index (χ1n) is 6.39. The fraction of sp³-hybridized carbons (Fsp3) is 0.571. The molecule has 1 aliphatic rings. The van der Waals surface area contributed by atoms with Gasteiger partial charge in [0.05, 0.1) is 13.2 Å². The van der Waals surface area contributed by atoms with Crippen LogP contribution in [0.15, 0.2) is 12.1 Å². The van der Waals surface area contributed by atoms with Gasteiger partial charge in [0.2, 0.25) is 0 Å². The molecule has 4 heteroatoms. The normalized spacial score (nSPS) is 17.1. The van der Waals surface area contributed by atoms with Crippen molar-refractivity contribution in [1.82, 2.24) is 0 Å². The number of aliphatic hydroxyl groups is 1. The highest BCUT2D eigenvalue weighted by Gasteiger charge is 2.29. The summed E-state index contributed by atoms with van der Waals surface area (Å²) in [5.41, 5.74) is 7.78. The van der Waals surface area contributed by atoms with Crippen molar-refractivity contribution in [3.05, 3.63) is 28.3 Å². The molecule has 1 aromatic rings. The topological polar surface area (TPSA) is 55.5 Å². The zero-order valence-corrected chi connectivity index (χ0v) is 11.5. The van der Waals surface area contributed by atoms with Crippen LogP contribution >= 0.6 is 11.6 Å². The third-order valence-electron chi connectivity index (χ3n) is 3.91. The van der Waals surface area contributed by atoms with Gasteiger partial charge in [-0.05, 0) is 36.1 Å². The first-order valence-corrected chi connectivity index (χ1v) is 6.77. The lowest BCUT2D eigenvalue weighted by Crippen LogP contribution is -2.36. The average molecular weight is 270 g/mol. The number of aliphatic hydroxyl groups excluding tert-OH is 1. The lowest BCUT2D eigenvalue weighted by Gasteiger charge is -2.29. The highest BCUT2D eigenvalue weighted by atomic mass is 35.5. The lowest BCUT2D eigenvalue weighted by molar-refractivity contribution is 0.126. The molecule has 0 aromatic heterocycles. The summed E-state index contributed by atoms with van der Waals surface area (Å²) >= 11 is 6.14. The molecule has 0 saturated heterocycles. The Bertz CT molecular complexity index is 422. The van der Waals surface area contributed by atoms with Crippen molar-refractivity contribution in [2.45, 2.75) is 26.2 Å². The minimum Gasteiger partial charge on any atom is -0.493 e. The summed E-state index contributed by atoms with van der Waals surface area (Å²) in [6, 6.07) is 3.89. The van der Waals surface area contributed by atoms with E-state index >= 15 is 0 Å². The van der Waals surface area contributed by atoms with Crippen LogP contribution in [0.2, 0.25) is 5.02 Å². The predicted octanol–water partition coefficient (Wildman–Crippen LogP) is 2.16. The third kappa shape index (κ3) is 2.48. The summed E-state index contributed by atoms with van der Waals surface area (Å²) in [5, 5.41) is 10.3. The number of benzene rings is 1. The van der Waals surface area contributed by atoms with Crippen molar-refractivity contribution in [2.75, 3.05) is 19.8 Å². The van der Waals surface area contributed by atoms with Gasteiger partial charge in [0, 0.05) is 23.4 Å². The van der Waals surface area contributed by atoms with Gasteiger partial charge >= 0.3 is 0 Å². The van der Waals surface area contributed by atoms with Crippen molar-refractivity contribution in [2.24, 2.45) is 11.1 Å². The van der Waals surface area contributed by atoms with Gasteiger partial charge in [-0.2, -0.15) is 0 Å². The summed E-state index contributed by atoms with van der Waals surface area (Å²) in [6.07, 6.45) is 2.45. The second-order valence-electron chi connectivity index (χ2n) is 5.04. The molecule has 1 unspecified atom stereocenters. The molecule has 0 fully saturated rings. The molecule has 1 heterocycles. The smallest absolute Gasteiger partial charge is 0.125 e. The van der Waals surface area contributed by atoms with Crippen LogP contribution in [0.4, 0.5) is 0 Å². The SMILES string of the molecule is CCC(CN)(CO)Cc1cc(Cl)cc2c1OCC2. The van der Waals surface area contributed by atoms with E-state index in [1.54, 1.807) is 0 Å². The van der Waals surface area contributed by atoms with Crippen molar-refractivity contribution in [1.29, 1.82) is 0 Å². The second-order valence-corrected chi connectivity index (χ2v) is 5.48. The Morgan fingerprint density at radius 2 is 2.28 bits per heavy atom. The van der Waals surface area contributed by atoms with E-state index in [2.05, 4.69) is 6.92 Å². The zero-order valence-electron chi connectivity index (χ0n) is 10.7. The zero-order chi connectivity index (χ0) is 13.2. The van der Waals surface area contributed by atoms with E-state index in [0.29, 0.717) is 19.6 Å². The van der Waals surface area contributed by atoms with Gasteiger partial charge in [0.25, 0.3) is 0 Å². The number of hydrogen-bond donors (Lipinski definition) is 2. The maximum absolute atomic E-state index is 9.60. The van der Waals surface area contributed by atoms with Crippen LogP contribution in [0.1, 0.15) is 24.5 Å². The van der Waals surface area contributed by atoms with Crippen molar-refractivity contribution in [3.63, 3.8) is 0 Å². The molecule has 3 N–H and O–H groups in total. The predicted molar refractivity (Wildman–Crippen MR) is 73.2 cm³/mol. The Kier molecular flexibility index (Phi) is 4.15. The van der Waals surface area contributed by atoms with Crippen molar-refractivity contribution >= 4 is 11.6 Å². The fourth-order valence-electron chi connectivity index (χ4n) is 2.46. The minimum absolute atomic E-state index is 0.0846. The first kappa shape index (κ1) is 13.7. The van der Waals surface area contributed by atoms with E-state index < -0.39 is 0 Å². The number of hydrogen-bond acceptors (Lipinski definition) is 3. The van der Waals surface area contributed by atoms with Crippen LogP contribution in [0.5, 0.6) is 5.75 Å². The lowest BCUT2D eigenvalue weighted by atomic mass is 9.79. The molecule has 0 amide bonds. The molecule has 0 radical (unpaired) electrons. The Hall–Kier alpha value is -0.770. The molecule has 0 spiro atoms. The molecular formula is C14H20ClNO2. The standard InChI is InChI=1S/C14H20ClNO2/c1-2-14(8-16,9-17)7-11-6-12(15)5-10-3-4-18-13(10)11/h5-6,17H,2-4,7-9,16H2,1H3. The van der Waals surface area contributed by atoms with E-state index in [-0.39, 0.29) is 12.0 Å². The van der Waals surface area contributed by atoms with Crippen LogP contribution in [0, 0.1) is 5.41 Å². The summed E-state index contributed by atoms with van der Waals surface area (Å²) in [4.78, 5) is 0. The Labute approximate surface area is 113 Å². The first-order chi connectivity index (χ1) is 8.64. The van der Waals surface area contributed by atoms with Crippen molar-refractivity contribution in [3.8, 4) is 5.75 Å². The van der Waals surface area contributed by atoms with Gasteiger partial charge in [-0.15, -0.1) is 0 Å². The number of fused-ring (bicyclic) bond motifs is 1. The molecule has 1 aromatic carbocycles. The maximum atomic E-state index is 9.60. The Balaban J connectivity index is 2.34. The van der Waals surface area contributed by atoms with E-state index in [1.165, 1.54) is 0 Å². The van der Waals surface area contributed by atoms with E-state index in [9.17, 15) is 5.11 Å². The molecular weight excluding hydrogens is 250 g/mol. The molecule has 3 nitrogen and oxygen atoms in total. The van der Waals surface area contributed by atoms with Gasteiger partial charge in [-0.3, -0.25) is 0 Å².